The van der Waals surface area contributed by atoms with Crippen molar-refractivity contribution in [3.8, 4) is 0 Å². The van der Waals surface area contributed by atoms with Crippen molar-refractivity contribution in [1.82, 2.24) is 0 Å². The molecule has 0 aliphatic heterocycles. The molecule has 0 N–H and O–H groups in total. The Labute approximate surface area is 103 Å². The number of rotatable bonds is 5. The van der Waals surface area contributed by atoms with Crippen LogP contribution in [0.25, 0.3) is 0 Å². The Morgan fingerprint density at radius 2 is 1.00 bits per heavy atom. The van der Waals surface area contributed by atoms with Crippen LogP contribution in [0.4, 0.5) is 52.7 Å². The molecule has 0 bridgehead atoms. The van der Waals surface area contributed by atoms with Gasteiger partial charge in [0.1, 0.15) is 0 Å². The highest BCUT2D eigenvalue weighted by atomic mass is 19.4. The van der Waals surface area contributed by atoms with Crippen LogP contribution in [0.15, 0.2) is 11.7 Å². The van der Waals surface area contributed by atoms with Crippen LogP contribution in [-0.2, 0) is 0 Å². The Hall–Kier alpha value is -1.10. The van der Waals surface area contributed by atoms with Crippen molar-refractivity contribution in [2.75, 3.05) is 0 Å². The summed E-state index contributed by atoms with van der Waals surface area (Å²) in [5, 5.41) is 0. The molecular weight excluding hydrogens is 324 g/mol. The van der Waals surface area contributed by atoms with Crippen molar-refractivity contribution in [1.29, 1.82) is 0 Å². The first-order chi connectivity index (χ1) is 8.51. The molecule has 0 heterocycles. The molecule has 1 radical (unpaired) electrons. The summed E-state index contributed by atoms with van der Waals surface area (Å²) in [4.78, 5) is 0. The number of hydrogen-bond acceptors (Lipinski definition) is 0. The highest BCUT2D eigenvalue weighted by molar-refractivity contribution is 5.22. The second kappa shape index (κ2) is 5.02. The van der Waals surface area contributed by atoms with Gasteiger partial charge in [-0.3, -0.25) is 0 Å². The Bertz CT molecular complexity index is 387. The summed E-state index contributed by atoms with van der Waals surface area (Å²) in [5.41, 5.74) is 0. The van der Waals surface area contributed by atoms with Gasteiger partial charge in [0.2, 0.25) is 11.7 Å². The first-order valence-electron chi connectivity index (χ1n) is 4.27. The van der Waals surface area contributed by atoms with Crippen LogP contribution in [0.1, 0.15) is 6.92 Å². The summed E-state index contributed by atoms with van der Waals surface area (Å²) in [6, 6.07) is 0. The second-order valence-corrected chi connectivity index (χ2v) is 3.50. The predicted molar refractivity (Wildman–Crippen MR) is 40.2 cm³/mol. The molecule has 0 unspecified atom stereocenters. The van der Waals surface area contributed by atoms with E-state index in [1.54, 1.807) is 0 Å². The molecule has 0 saturated heterocycles. The molecule has 0 spiro atoms. The third kappa shape index (κ3) is 2.68. The SMILES string of the molecule is CC(F)(F)C(F)(F)C(F)(F)C(F)(F)/C(F)=C(\F)[C](F)F. The van der Waals surface area contributed by atoms with Crippen LogP contribution in [0, 0.1) is 6.43 Å². The smallest absolute Gasteiger partial charge is 0.202 e. The minimum atomic E-state index is -7.17. The molecule has 0 saturated carbocycles. The van der Waals surface area contributed by atoms with Crippen molar-refractivity contribution >= 4 is 0 Å². The molecular formula is C8H3F12. The van der Waals surface area contributed by atoms with Crippen molar-refractivity contribution < 1.29 is 52.7 Å². The standard InChI is InChI=1S/C8H3F12/c1-5(13,14)7(17,18)8(19,20)6(15,16)3(10)2(9)4(11)12/h1H3/b3-2+. The molecule has 0 atom stereocenters. The van der Waals surface area contributed by atoms with Gasteiger partial charge in [-0.15, -0.1) is 0 Å². The minimum absolute atomic E-state index is 0.892. The molecule has 20 heavy (non-hydrogen) atoms. The molecule has 0 aliphatic rings. The molecule has 119 valence electrons. The molecule has 12 heteroatoms. The van der Waals surface area contributed by atoms with Gasteiger partial charge in [0.05, 0.1) is 0 Å². The van der Waals surface area contributed by atoms with Gasteiger partial charge in [0, 0.05) is 6.92 Å². The van der Waals surface area contributed by atoms with E-state index < -0.39 is 48.7 Å². The topological polar surface area (TPSA) is 0 Å². The van der Waals surface area contributed by atoms with Gasteiger partial charge in [-0.05, 0) is 0 Å². The fourth-order valence-electron chi connectivity index (χ4n) is 0.831. The van der Waals surface area contributed by atoms with Crippen LogP contribution in [-0.4, -0.2) is 23.7 Å². The third-order valence-electron chi connectivity index (χ3n) is 1.97. The Morgan fingerprint density at radius 3 is 1.25 bits per heavy atom. The summed E-state index contributed by atoms with van der Waals surface area (Å²) in [5.74, 6) is -34.8. The molecule has 0 fully saturated rings. The summed E-state index contributed by atoms with van der Waals surface area (Å²) < 4.78 is 148. The van der Waals surface area contributed by atoms with Gasteiger partial charge in [-0.2, -0.15) is 43.9 Å². The van der Waals surface area contributed by atoms with Crippen LogP contribution < -0.4 is 0 Å². The molecule has 0 amide bonds. The Balaban J connectivity index is 6.02. The van der Waals surface area contributed by atoms with Crippen LogP contribution in [0.2, 0.25) is 0 Å². The molecule has 0 aromatic heterocycles. The number of alkyl halides is 8. The third-order valence-corrected chi connectivity index (χ3v) is 1.97. The van der Waals surface area contributed by atoms with Crippen molar-refractivity contribution in [2.24, 2.45) is 0 Å². The lowest BCUT2D eigenvalue weighted by atomic mass is 9.98. The van der Waals surface area contributed by atoms with Crippen LogP contribution in [0.5, 0.6) is 0 Å². The van der Waals surface area contributed by atoms with Crippen molar-refractivity contribution in [3.63, 3.8) is 0 Å². The molecule has 0 rings (SSSR count). The highest BCUT2D eigenvalue weighted by Crippen LogP contribution is 2.55. The maximum absolute atomic E-state index is 12.7. The summed E-state index contributed by atoms with van der Waals surface area (Å²) >= 11 is 0. The predicted octanol–water partition coefficient (Wildman–Crippen LogP) is 5.13. The maximum atomic E-state index is 12.7. The normalized spacial score (nSPS) is 16.5. The minimum Gasteiger partial charge on any atom is -0.202 e. The highest BCUT2D eigenvalue weighted by Gasteiger charge is 2.81. The zero-order valence-electron chi connectivity index (χ0n) is 9.04. The van der Waals surface area contributed by atoms with E-state index in [1.165, 1.54) is 0 Å². The molecule has 0 aliphatic carbocycles. The number of hydrogen-bond donors (Lipinski definition) is 0. The monoisotopic (exact) mass is 327 g/mol. The lowest BCUT2D eigenvalue weighted by molar-refractivity contribution is -0.356. The van der Waals surface area contributed by atoms with E-state index in [-0.39, 0.29) is 0 Å². The number of allylic oxidation sites excluding steroid dienone is 2. The van der Waals surface area contributed by atoms with Gasteiger partial charge in [-0.25, -0.2) is 8.78 Å². The molecule has 0 aromatic rings. The quantitative estimate of drug-likeness (QED) is 0.614. The van der Waals surface area contributed by atoms with E-state index in [9.17, 15) is 52.7 Å². The zero-order chi connectivity index (χ0) is 16.7. The zero-order valence-corrected chi connectivity index (χ0v) is 9.04. The molecule has 0 nitrogen and oxygen atoms in total. The summed E-state index contributed by atoms with van der Waals surface area (Å²) in [6.45, 7) is -0.892. The lowest BCUT2D eigenvalue weighted by Gasteiger charge is -2.34. The summed E-state index contributed by atoms with van der Waals surface area (Å²) in [7, 11) is 0. The van der Waals surface area contributed by atoms with Gasteiger partial charge in [-0.1, -0.05) is 0 Å². The van der Waals surface area contributed by atoms with Gasteiger partial charge in [0.15, 0.2) is 0 Å². The lowest BCUT2D eigenvalue weighted by Crippen LogP contribution is -2.61. The first kappa shape index (κ1) is 18.9. The van der Waals surface area contributed by atoms with Crippen molar-refractivity contribution in [3.05, 3.63) is 18.1 Å². The van der Waals surface area contributed by atoms with Gasteiger partial charge < -0.3 is 0 Å². The Kier molecular flexibility index (Phi) is 4.75. The van der Waals surface area contributed by atoms with E-state index >= 15 is 0 Å². The van der Waals surface area contributed by atoms with E-state index in [0.29, 0.717) is 0 Å². The van der Waals surface area contributed by atoms with E-state index in [4.69, 9.17) is 0 Å². The first-order valence-corrected chi connectivity index (χ1v) is 4.27. The van der Waals surface area contributed by atoms with E-state index in [0.717, 1.165) is 0 Å². The van der Waals surface area contributed by atoms with E-state index in [2.05, 4.69) is 0 Å². The fourth-order valence-corrected chi connectivity index (χ4v) is 0.831. The fraction of sp³-hybridized carbons (Fsp3) is 0.625. The number of halogens is 12. The van der Waals surface area contributed by atoms with Crippen molar-refractivity contribution in [2.45, 2.75) is 30.6 Å². The largest absolute Gasteiger partial charge is 0.385 e. The maximum Gasteiger partial charge on any atom is 0.385 e. The van der Waals surface area contributed by atoms with Gasteiger partial charge in [0.25, 0.3) is 0 Å². The summed E-state index contributed by atoms with van der Waals surface area (Å²) in [6.07, 6.45) is -3.86. The van der Waals surface area contributed by atoms with Gasteiger partial charge >= 0.3 is 30.1 Å². The van der Waals surface area contributed by atoms with Crippen LogP contribution in [0.3, 0.4) is 0 Å². The average molecular weight is 327 g/mol. The van der Waals surface area contributed by atoms with E-state index in [1.807, 2.05) is 0 Å². The Morgan fingerprint density at radius 1 is 0.650 bits per heavy atom. The average Bonchev–Trinajstić information content (AvgIpc) is 2.24. The second-order valence-electron chi connectivity index (χ2n) is 3.50. The van der Waals surface area contributed by atoms with Crippen LogP contribution >= 0.6 is 0 Å². The molecule has 0 aromatic carbocycles.